The summed E-state index contributed by atoms with van der Waals surface area (Å²) < 4.78 is 48.9. The van der Waals surface area contributed by atoms with Crippen molar-refractivity contribution in [2.75, 3.05) is 7.11 Å². The maximum absolute atomic E-state index is 14.0. The molecule has 1 unspecified atom stereocenters. The van der Waals surface area contributed by atoms with Crippen molar-refractivity contribution < 1.29 is 23.0 Å². The summed E-state index contributed by atoms with van der Waals surface area (Å²) in [5, 5.41) is 13.2. The quantitative estimate of drug-likeness (QED) is 0.282. The molecule has 2 heterocycles. The van der Waals surface area contributed by atoms with Crippen LogP contribution in [0.4, 0.5) is 13.2 Å². The van der Waals surface area contributed by atoms with Crippen LogP contribution in [-0.2, 0) is 18.8 Å². The van der Waals surface area contributed by atoms with E-state index in [1.807, 2.05) is 0 Å². The molecule has 5 aromatic rings. The lowest BCUT2D eigenvalue weighted by Crippen LogP contribution is -2.31. The van der Waals surface area contributed by atoms with E-state index in [1.165, 1.54) is 25.3 Å². The topological polar surface area (TPSA) is 60.2 Å². The van der Waals surface area contributed by atoms with Gasteiger partial charge in [-0.15, -0.1) is 0 Å². The number of pyridine rings is 1. The van der Waals surface area contributed by atoms with Gasteiger partial charge in [-0.05, 0) is 52.6 Å². The molecule has 5 rings (SSSR count). The predicted octanol–water partition coefficient (Wildman–Crippen LogP) is 6.60. The minimum atomic E-state index is -4.57. The molecule has 0 saturated carbocycles. The molecular formula is C28H21ClF3N3O2. The van der Waals surface area contributed by atoms with Gasteiger partial charge in [0.05, 0.1) is 36.4 Å². The van der Waals surface area contributed by atoms with Gasteiger partial charge in [0.1, 0.15) is 0 Å². The first kappa shape index (κ1) is 24.8. The molecular weight excluding hydrogens is 503 g/mol. The molecule has 0 saturated heterocycles. The normalized spacial score (nSPS) is 13.5. The molecule has 0 radical (unpaired) electrons. The number of aliphatic hydroxyl groups is 1. The zero-order chi connectivity index (χ0) is 26.4. The lowest BCUT2D eigenvalue weighted by molar-refractivity contribution is -0.137. The van der Waals surface area contributed by atoms with Crippen LogP contribution in [0.25, 0.3) is 22.0 Å². The van der Waals surface area contributed by atoms with Crippen LogP contribution >= 0.6 is 11.6 Å². The van der Waals surface area contributed by atoms with Crippen molar-refractivity contribution >= 4 is 22.5 Å². The van der Waals surface area contributed by atoms with E-state index in [4.69, 9.17) is 16.3 Å². The smallest absolute Gasteiger partial charge is 0.417 e. The number of alkyl halides is 3. The van der Waals surface area contributed by atoms with Gasteiger partial charge >= 0.3 is 6.18 Å². The van der Waals surface area contributed by atoms with Crippen LogP contribution in [0.5, 0.6) is 5.88 Å². The van der Waals surface area contributed by atoms with Crippen LogP contribution in [0, 0.1) is 0 Å². The largest absolute Gasteiger partial charge is 0.481 e. The molecule has 5 nitrogen and oxygen atoms in total. The van der Waals surface area contributed by atoms with Crippen molar-refractivity contribution in [3.63, 3.8) is 0 Å². The third-order valence-corrected chi connectivity index (χ3v) is 6.64. The number of hydrogen-bond acceptors (Lipinski definition) is 4. The summed E-state index contributed by atoms with van der Waals surface area (Å²) in [5.41, 5.74) is -0.401. The zero-order valence-corrected chi connectivity index (χ0v) is 20.5. The number of halogens is 4. The second-order valence-electron chi connectivity index (χ2n) is 8.59. The minimum Gasteiger partial charge on any atom is -0.481 e. The van der Waals surface area contributed by atoms with E-state index in [0.29, 0.717) is 32.7 Å². The molecule has 1 N–H and O–H groups in total. The lowest BCUT2D eigenvalue weighted by atomic mass is 9.82. The fraction of sp³-hybridized carbons (Fsp3) is 0.143. The highest BCUT2D eigenvalue weighted by atomic mass is 35.5. The van der Waals surface area contributed by atoms with Gasteiger partial charge in [0, 0.05) is 23.5 Å². The number of nitrogens with zero attached hydrogens (tertiary/aromatic N) is 3. The van der Waals surface area contributed by atoms with Crippen LogP contribution in [0.2, 0.25) is 5.02 Å². The van der Waals surface area contributed by atoms with Crippen LogP contribution in [0.15, 0.2) is 85.3 Å². The molecule has 0 bridgehead atoms. The molecule has 0 amide bonds. The Hall–Kier alpha value is -3.88. The molecule has 188 valence electrons. The van der Waals surface area contributed by atoms with E-state index >= 15 is 0 Å². The molecule has 0 spiro atoms. The van der Waals surface area contributed by atoms with Crippen LogP contribution in [0.1, 0.15) is 22.4 Å². The van der Waals surface area contributed by atoms with Gasteiger partial charge in [0.25, 0.3) is 0 Å². The van der Waals surface area contributed by atoms with Crippen molar-refractivity contribution in [2.45, 2.75) is 11.8 Å². The van der Waals surface area contributed by atoms with Gasteiger partial charge in [-0.3, -0.25) is 0 Å². The Morgan fingerprint density at radius 2 is 1.62 bits per heavy atom. The summed E-state index contributed by atoms with van der Waals surface area (Å²) in [6.07, 6.45) is -1.46. The SMILES string of the molecule is COc1cc(-c2ccccc2C(F)(F)F)c2cc(C(O)(c3ccc(Cl)cc3)c3cncn3C)ccc2n1. The first-order chi connectivity index (χ1) is 17.6. The molecule has 2 aromatic heterocycles. The third kappa shape index (κ3) is 4.32. The zero-order valence-electron chi connectivity index (χ0n) is 19.8. The van der Waals surface area contributed by atoms with Gasteiger partial charge in [-0.2, -0.15) is 13.2 Å². The summed E-state index contributed by atoms with van der Waals surface area (Å²) >= 11 is 6.10. The summed E-state index contributed by atoms with van der Waals surface area (Å²) in [7, 11) is 3.16. The van der Waals surface area contributed by atoms with Gasteiger partial charge in [-0.1, -0.05) is 48.0 Å². The van der Waals surface area contributed by atoms with Crippen LogP contribution < -0.4 is 4.74 Å². The number of methoxy groups -OCH3 is 1. The van der Waals surface area contributed by atoms with Gasteiger partial charge in [-0.25, -0.2) is 9.97 Å². The van der Waals surface area contributed by atoms with Crippen molar-refractivity contribution in [1.82, 2.24) is 14.5 Å². The van der Waals surface area contributed by atoms with Gasteiger partial charge in [0.2, 0.25) is 5.88 Å². The van der Waals surface area contributed by atoms with E-state index in [9.17, 15) is 18.3 Å². The molecule has 3 aromatic carbocycles. The number of benzene rings is 3. The summed E-state index contributed by atoms with van der Waals surface area (Å²) in [6.45, 7) is 0. The Morgan fingerprint density at radius 3 is 2.27 bits per heavy atom. The van der Waals surface area contributed by atoms with Crippen molar-refractivity contribution in [2.24, 2.45) is 7.05 Å². The Bertz CT molecular complexity index is 1600. The number of aromatic nitrogens is 3. The number of aryl methyl sites for hydroxylation is 1. The Morgan fingerprint density at radius 1 is 0.919 bits per heavy atom. The number of fused-ring (bicyclic) bond motifs is 1. The van der Waals surface area contributed by atoms with Gasteiger partial charge in [0.15, 0.2) is 5.60 Å². The number of rotatable bonds is 5. The molecule has 0 fully saturated rings. The van der Waals surface area contributed by atoms with E-state index < -0.39 is 17.3 Å². The highest BCUT2D eigenvalue weighted by Gasteiger charge is 2.38. The molecule has 0 aliphatic carbocycles. The standard InChI is InChI=1S/C28H21ClF3N3O2/c1-35-16-33-15-25(35)27(36,17-7-10-19(29)11-8-17)18-9-12-24-22(13-18)21(14-26(34-24)37-2)20-5-3-4-6-23(20)28(30,31)32/h3-16,36H,1-2H3. The molecule has 37 heavy (non-hydrogen) atoms. The summed E-state index contributed by atoms with van der Waals surface area (Å²) in [6, 6.07) is 18.6. The molecule has 9 heteroatoms. The third-order valence-electron chi connectivity index (χ3n) is 6.38. The van der Waals surface area contributed by atoms with Crippen molar-refractivity contribution in [1.29, 1.82) is 0 Å². The van der Waals surface area contributed by atoms with E-state index in [0.717, 1.165) is 6.07 Å². The fourth-order valence-corrected chi connectivity index (χ4v) is 4.70. The number of hydrogen-bond donors (Lipinski definition) is 1. The molecule has 1 atom stereocenters. The average molecular weight is 524 g/mol. The monoisotopic (exact) mass is 523 g/mol. The van der Waals surface area contributed by atoms with Crippen molar-refractivity contribution in [3.8, 4) is 17.0 Å². The summed E-state index contributed by atoms with van der Waals surface area (Å²) in [5.74, 6) is 0.173. The van der Waals surface area contributed by atoms with Crippen LogP contribution in [-0.4, -0.2) is 26.8 Å². The van der Waals surface area contributed by atoms with Crippen LogP contribution in [0.3, 0.4) is 0 Å². The first-order valence-corrected chi connectivity index (χ1v) is 11.6. The maximum atomic E-state index is 14.0. The highest BCUT2D eigenvalue weighted by molar-refractivity contribution is 6.30. The first-order valence-electron chi connectivity index (χ1n) is 11.2. The van der Waals surface area contributed by atoms with Gasteiger partial charge < -0.3 is 14.4 Å². The average Bonchev–Trinajstić information content (AvgIpc) is 3.33. The minimum absolute atomic E-state index is 0.0200. The Kier molecular flexibility index (Phi) is 6.17. The second-order valence-corrected chi connectivity index (χ2v) is 9.03. The maximum Gasteiger partial charge on any atom is 0.417 e. The Balaban J connectivity index is 1.83. The highest BCUT2D eigenvalue weighted by Crippen LogP contribution is 2.43. The van der Waals surface area contributed by atoms with E-state index in [-0.39, 0.29) is 17.0 Å². The van der Waals surface area contributed by atoms with E-state index in [2.05, 4.69) is 9.97 Å². The predicted molar refractivity (Wildman–Crippen MR) is 135 cm³/mol. The number of ether oxygens (including phenoxy) is 1. The Labute approximate surface area is 215 Å². The van der Waals surface area contributed by atoms with Crippen molar-refractivity contribution in [3.05, 3.63) is 113 Å². The number of imidazole rings is 1. The summed E-state index contributed by atoms with van der Waals surface area (Å²) in [4.78, 5) is 8.61. The second kappa shape index (κ2) is 9.21. The fourth-order valence-electron chi connectivity index (χ4n) is 4.58. The van der Waals surface area contributed by atoms with E-state index in [1.54, 1.807) is 72.7 Å². The lowest BCUT2D eigenvalue weighted by Gasteiger charge is -2.30. The molecule has 0 aliphatic rings. The molecule has 0 aliphatic heterocycles.